The second kappa shape index (κ2) is 13.1. The van der Waals surface area contributed by atoms with Crippen molar-refractivity contribution >= 4 is 39.4 Å². The van der Waals surface area contributed by atoms with Crippen LogP contribution >= 0.6 is 0 Å². The molecule has 13 heteroatoms. The monoisotopic (exact) mass is 719 g/mol. The summed E-state index contributed by atoms with van der Waals surface area (Å²) >= 11 is 0. The van der Waals surface area contributed by atoms with Crippen molar-refractivity contribution in [1.82, 2.24) is 20.9 Å². The zero-order valence-corrected chi connectivity index (χ0v) is 32.3. The van der Waals surface area contributed by atoms with Crippen LogP contribution in [0.15, 0.2) is 0 Å². The zero-order valence-electron chi connectivity index (χ0n) is 31.4. The van der Waals surface area contributed by atoms with Crippen LogP contribution < -0.4 is 21.7 Å². The van der Waals surface area contributed by atoms with E-state index in [-0.39, 0.29) is 29.1 Å². The Morgan fingerprint density at radius 2 is 1.46 bits per heavy atom. The number of rotatable bonds is 11. The molecule has 5 amide bonds. The van der Waals surface area contributed by atoms with Gasteiger partial charge in [-0.1, -0.05) is 72.6 Å². The molecule has 0 radical (unpaired) electrons. The number of likely N-dealkylation sites (tertiary alicyclic amines) is 1. The van der Waals surface area contributed by atoms with Crippen molar-refractivity contribution in [2.24, 2.45) is 34.3 Å². The van der Waals surface area contributed by atoms with Crippen LogP contribution in [0.5, 0.6) is 0 Å². The molecule has 1 unspecified atom stereocenters. The fraction of sp³-hybridized carbons (Fsp3) is 0.865. The van der Waals surface area contributed by atoms with Crippen LogP contribution in [0.2, 0.25) is 0 Å². The Hall–Kier alpha value is -2.70. The molecule has 5 aliphatic rings. The summed E-state index contributed by atoms with van der Waals surface area (Å²) in [5, 5.41) is 8.23. The Balaban J connectivity index is 1.44. The van der Waals surface area contributed by atoms with Crippen molar-refractivity contribution in [3.8, 4) is 0 Å². The highest BCUT2D eigenvalue weighted by atomic mass is 32.2. The number of primary amides is 1. The van der Waals surface area contributed by atoms with Gasteiger partial charge in [-0.15, -0.1) is 0 Å². The number of nitrogens with two attached hydrogens (primary N) is 1. The number of carbonyl (C=O) groups is 5. The molecular weight excluding hydrogens is 659 g/mol. The number of sulfone groups is 1. The van der Waals surface area contributed by atoms with Crippen LogP contribution in [0.25, 0.3) is 0 Å². The number of nitrogens with zero attached hydrogens (tertiary/aromatic N) is 1. The third-order valence-corrected chi connectivity index (χ3v) is 16.8. The summed E-state index contributed by atoms with van der Waals surface area (Å²) in [4.78, 5) is 69.8. The molecule has 12 nitrogen and oxygen atoms in total. The van der Waals surface area contributed by atoms with Crippen LogP contribution in [-0.2, 0) is 29.0 Å². The molecule has 4 aliphatic carbocycles. The molecular formula is C37H61N5O7S. The van der Waals surface area contributed by atoms with E-state index in [2.05, 4.69) is 29.8 Å². The Bertz CT molecular complexity index is 1510. The molecule has 1 heterocycles. The SMILES string of the molecule is CC[C@H]1CC1(NC(=O)[C@@H]1[C@@H]2[C@H](CN1C(=O)[C@@H](NC(=O)NC1([C@@H](C)S(=O)(=O)C(C)(C)C)CCCCC1)C1(C)CCCCC1)C2(C)C)C(=O)C(N)=O. The van der Waals surface area contributed by atoms with Gasteiger partial charge in [-0.3, -0.25) is 19.2 Å². The Morgan fingerprint density at radius 3 is 1.96 bits per heavy atom. The lowest BCUT2D eigenvalue weighted by atomic mass is 9.70. The number of nitrogens with one attached hydrogen (secondary N) is 3. The Kier molecular flexibility index (Phi) is 10.1. The van der Waals surface area contributed by atoms with E-state index in [9.17, 15) is 32.4 Å². The number of piperidine rings is 1. The van der Waals surface area contributed by atoms with Gasteiger partial charge in [0.05, 0.1) is 15.5 Å². The summed E-state index contributed by atoms with van der Waals surface area (Å²) in [6.45, 7) is 15.1. The van der Waals surface area contributed by atoms with Gasteiger partial charge in [0.2, 0.25) is 17.6 Å². The summed E-state index contributed by atoms with van der Waals surface area (Å²) in [5.74, 6) is -3.02. The summed E-state index contributed by atoms with van der Waals surface area (Å²) < 4.78 is 26.5. The molecule has 5 rings (SSSR count). The summed E-state index contributed by atoms with van der Waals surface area (Å²) in [7, 11) is -3.64. The first-order valence-corrected chi connectivity index (χ1v) is 20.4. The van der Waals surface area contributed by atoms with Gasteiger partial charge in [0.15, 0.2) is 9.84 Å². The fourth-order valence-electron chi connectivity index (χ4n) is 10.0. The molecule has 1 aliphatic heterocycles. The quantitative estimate of drug-likeness (QED) is 0.234. The fourth-order valence-corrected chi connectivity index (χ4v) is 12.0. The molecule has 7 atom stereocenters. The molecule has 282 valence electrons. The number of carbonyl (C=O) groups excluding carboxylic acids is 5. The van der Waals surface area contributed by atoms with Crippen molar-refractivity contribution in [3.05, 3.63) is 0 Å². The van der Waals surface area contributed by atoms with Crippen LogP contribution in [0.4, 0.5) is 4.79 Å². The first kappa shape index (κ1) is 38.5. The number of Topliss-reactive ketones (excluding diaryl/α,β-unsaturated/α-hetero) is 1. The lowest BCUT2D eigenvalue weighted by Gasteiger charge is -2.46. The van der Waals surface area contributed by atoms with Gasteiger partial charge < -0.3 is 26.6 Å². The highest BCUT2D eigenvalue weighted by molar-refractivity contribution is 7.93. The molecule has 50 heavy (non-hydrogen) atoms. The van der Waals surface area contributed by atoms with E-state index in [0.717, 1.165) is 38.5 Å². The molecule has 4 saturated carbocycles. The first-order valence-electron chi connectivity index (χ1n) is 18.9. The van der Waals surface area contributed by atoms with E-state index in [1.54, 1.807) is 32.6 Å². The van der Waals surface area contributed by atoms with Crippen molar-refractivity contribution in [1.29, 1.82) is 0 Å². The van der Waals surface area contributed by atoms with Crippen LogP contribution in [0.3, 0.4) is 0 Å². The van der Waals surface area contributed by atoms with Gasteiger partial charge >= 0.3 is 6.03 Å². The zero-order chi connectivity index (χ0) is 37.2. The summed E-state index contributed by atoms with van der Waals surface area (Å²) in [6.07, 6.45) is 8.70. The predicted octanol–water partition coefficient (Wildman–Crippen LogP) is 3.75. The molecule has 0 bridgehead atoms. The minimum Gasteiger partial charge on any atom is -0.363 e. The van der Waals surface area contributed by atoms with Crippen LogP contribution in [0.1, 0.15) is 132 Å². The molecule has 5 fully saturated rings. The predicted molar refractivity (Wildman–Crippen MR) is 190 cm³/mol. The van der Waals surface area contributed by atoms with E-state index in [1.807, 2.05) is 13.8 Å². The van der Waals surface area contributed by atoms with Gasteiger partial charge in [0.25, 0.3) is 5.91 Å². The van der Waals surface area contributed by atoms with Crippen LogP contribution in [0, 0.1) is 28.6 Å². The highest BCUT2D eigenvalue weighted by Crippen LogP contribution is 2.65. The average Bonchev–Trinajstić information content (AvgIpc) is 3.80. The van der Waals surface area contributed by atoms with Crippen LogP contribution in [-0.4, -0.2) is 82.6 Å². The lowest BCUT2D eigenvalue weighted by Crippen LogP contribution is -2.66. The van der Waals surface area contributed by atoms with Crippen molar-refractivity contribution in [2.45, 2.75) is 166 Å². The van der Waals surface area contributed by atoms with Gasteiger partial charge in [-0.2, -0.15) is 0 Å². The molecule has 0 aromatic heterocycles. The standard InChI is InChI=1S/C37H61N5O7S/c1-9-23-20-37(23,28(43)29(38)44)40-30(45)26-25-24(34(25,6)7)21-42(26)31(46)27(35(8)16-12-10-13-17-35)39-32(47)41-36(18-14-11-15-19-36)22(2)50(48,49)33(3,4)5/h22-27H,9-21H2,1-8H3,(H2,38,44)(H,40,45)(H2,39,41,47)/t22-,23+,24+,25+,26+,27-,37?/m1/s1. The van der Waals surface area contributed by atoms with E-state index < -0.39 is 72.0 Å². The highest BCUT2D eigenvalue weighted by Gasteiger charge is 2.71. The average molecular weight is 720 g/mol. The van der Waals surface area contributed by atoms with Gasteiger partial charge in [-0.25, -0.2) is 13.2 Å². The normalized spacial score (nSPS) is 32.1. The second-order valence-electron chi connectivity index (χ2n) is 18.1. The molecule has 1 saturated heterocycles. The largest absolute Gasteiger partial charge is 0.363 e. The third-order valence-electron chi connectivity index (χ3n) is 13.8. The third kappa shape index (κ3) is 6.46. The van der Waals surface area contributed by atoms with E-state index in [4.69, 9.17) is 5.73 Å². The minimum atomic E-state index is -3.64. The van der Waals surface area contributed by atoms with Crippen molar-refractivity contribution < 1.29 is 32.4 Å². The van der Waals surface area contributed by atoms with E-state index >= 15 is 0 Å². The number of urea groups is 1. The summed E-state index contributed by atoms with van der Waals surface area (Å²) in [6, 6.07) is -2.41. The number of fused-ring (bicyclic) bond motifs is 1. The van der Waals surface area contributed by atoms with Crippen molar-refractivity contribution in [2.75, 3.05) is 6.54 Å². The first-order chi connectivity index (χ1) is 23.1. The van der Waals surface area contributed by atoms with Gasteiger partial charge in [0, 0.05) is 6.54 Å². The molecule has 0 aromatic carbocycles. The Morgan fingerprint density at radius 1 is 0.900 bits per heavy atom. The number of amides is 5. The molecule has 0 aromatic rings. The van der Waals surface area contributed by atoms with E-state index in [0.29, 0.717) is 45.1 Å². The molecule has 0 spiro atoms. The van der Waals surface area contributed by atoms with Gasteiger partial charge in [-0.05, 0) is 88.4 Å². The lowest BCUT2D eigenvalue weighted by molar-refractivity contribution is -0.146. The summed E-state index contributed by atoms with van der Waals surface area (Å²) in [5.41, 5.74) is 2.27. The Labute approximate surface area is 298 Å². The van der Waals surface area contributed by atoms with Gasteiger partial charge in [0.1, 0.15) is 17.6 Å². The maximum Gasteiger partial charge on any atom is 0.315 e. The molecule has 5 N–H and O–H groups in total. The number of hydrogen-bond acceptors (Lipinski definition) is 7. The van der Waals surface area contributed by atoms with E-state index in [1.165, 1.54) is 0 Å². The maximum absolute atomic E-state index is 14.9. The second-order valence-corrected chi connectivity index (χ2v) is 21.1. The smallest absolute Gasteiger partial charge is 0.315 e. The minimum absolute atomic E-state index is 0.0637. The maximum atomic E-state index is 14.9. The topological polar surface area (TPSA) is 185 Å². The number of hydrogen-bond donors (Lipinski definition) is 4. The number of ketones is 1. The van der Waals surface area contributed by atoms with Crippen molar-refractivity contribution in [3.63, 3.8) is 0 Å².